The molecule has 0 aliphatic carbocycles. The van der Waals surface area contributed by atoms with Crippen LogP contribution in [0.15, 0.2) is 29.6 Å². The van der Waals surface area contributed by atoms with Gasteiger partial charge in [-0.25, -0.2) is 9.78 Å². The van der Waals surface area contributed by atoms with Gasteiger partial charge >= 0.3 is 5.97 Å². The Labute approximate surface area is 120 Å². The van der Waals surface area contributed by atoms with Crippen LogP contribution in [0, 0.1) is 0 Å². The summed E-state index contributed by atoms with van der Waals surface area (Å²) < 4.78 is 5.31. The molecule has 2 aromatic heterocycles. The zero-order valence-electron chi connectivity index (χ0n) is 10.8. The summed E-state index contributed by atoms with van der Waals surface area (Å²) in [7, 11) is 0. The van der Waals surface area contributed by atoms with E-state index in [4.69, 9.17) is 4.74 Å². The van der Waals surface area contributed by atoms with E-state index >= 15 is 0 Å². The first-order valence-electron chi connectivity index (χ1n) is 6.36. The first kappa shape index (κ1) is 13.1. The van der Waals surface area contributed by atoms with Crippen molar-refractivity contribution < 1.29 is 14.6 Å². The molecule has 0 spiro atoms. The van der Waals surface area contributed by atoms with E-state index in [1.165, 1.54) is 0 Å². The summed E-state index contributed by atoms with van der Waals surface area (Å²) in [5.41, 5.74) is 1.05. The van der Waals surface area contributed by atoms with Crippen LogP contribution in [0.3, 0.4) is 0 Å². The molecule has 6 heteroatoms. The fraction of sp³-hybridized carbons (Fsp3) is 0.286. The summed E-state index contributed by atoms with van der Waals surface area (Å²) in [6, 6.07) is 7.34. The molecule has 0 aromatic carbocycles. The quantitative estimate of drug-likeness (QED) is 0.940. The van der Waals surface area contributed by atoms with Gasteiger partial charge in [-0.15, -0.1) is 11.3 Å². The predicted molar refractivity (Wildman–Crippen MR) is 77.5 cm³/mol. The Morgan fingerprint density at radius 3 is 2.75 bits per heavy atom. The Hall–Kier alpha value is -1.92. The Kier molecular flexibility index (Phi) is 3.66. The number of ether oxygens (including phenoxy) is 1. The maximum atomic E-state index is 11.4. The van der Waals surface area contributed by atoms with E-state index in [-0.39, 0.29) is 5.56 Å². The largest absolute Gasteiger partial charge is 0.478 e. The fourth-order valence-corrected chi connectivity index (χ4v) is 2.89. The van der Waals surface area contributed by atoms with Gasteiger partial charge in [0.05, 0.1) is 23.8 Å². The van der Waals surface area contributed by atoms with E-state index < -0.39 is 5.97 Å². The van der Waals surface area contributed by atoms with Gasteiger partial charge in [0.1, 0.15) is 11.4 Å². The van der Waals surface area contributed by atoms with E-state index in [9.17, 15) is 9.90 Å². The molecule has 2 aromatic rings. The van der Waals surface area contributed by atoms with Crippen LogP contribution in [-0.2, 0) is 4.74 Å². The first-order valence-corrected chi connectivity index (χ1v) is 7.24. The lowest BCUT2D eigenvalue weighted by molar-refractivity contribution is 0.0696. The molecule has 104 valence electrons. The van der Waals surface area contributed by atoms with Gasteiger partial charge in [0.2, 0.25) is 0 Å². The highest BCUT2D eigenvalue weighted by molar-refractivity contribution is 7.13. The number of carbonyl (C=O) groups is 1. The molecular weight excluding hydrogens is 276 g/mol. The Morgan fingerprint density at radius 2 is 2.10 bits per heavy atom. The van der Waals surface area contributed by atoms with Crippen LogP contribution in [0.25, 0.3) is 10.6 Å². The third-order valence-corrected chi connectivity index (χ3v) is 4.08. The minimum Gasteiger partial charge on any atom is -0.478 e. The molecule has 20 heavy (non-hydrogen) atoms. The molecule has 1 saturated heterocycles. The van der Waals surface area contributed by atoms with E-state index in [0.717, 1.165) is 10.6 Å². The highest BCUT2D eigenvalue weighted by atomic mass is 32.1. The van der Waals surface area contributed by atoms with Gasteiger partial charge in [0, 0.05) is 13.1 Å². The summed E-state index contributed by atoms with van der Waals surface area (Å²) in [5, 5.41) is 11.3. The minimum absolute atomic E-state index is 0.243. The number of hydrogen-bond donors (Lipinski definition) is 1. The molecule has 1 N–H and O–H groups in total. The standard InChI is InChI=1S/C14H14N2O3S/c17-14(18)10-3-4-11(12-2-1-9-20-12)15-13(10)16-5-7-19-8-6-16/h1-4,9H,5-8H2,(H,17,18). The number of thiophene rings is 1. The number of morpholine rings is 1. The number of anilines is 1. The smallest absolute Gasteiger partial charge is 0.339 e. The molecule has 0 saturated carbocycles. The number of nitrogens with zero attached hydrogens (tertiary/aromatic N) is 2. The molecule has 0 radical (unpaired) electrons. The van der Waals surface area contributed by atoms with E-state index in [1.54, 1.807) is 23.5 Å². The summed E-state index contributed by atoms with van der Waals surface area (Å²) in [4.78, 5) is 18.9. The summed E-state index contributed by atoms with van der Waals surface area (Å²) in [5.74, 6) is -0.413. The van der Waals surface area contributed by atoms with Crippen LogP contribution in [0.4, 0.5) is 5.82 Å². The summed E-state index contributed by atoms with van der Waals surface area (Å²) in [6.07, 6.45) is 0. The first-order chi connectivity index (χ1) is 9.75. The second-order valence-electron chi connectivity index (χ2n) is 4.45. The van der Waals surface area contributed by atoms with Crippen molar-refractivity contribution in [1.82, 2.24) is 4.98 Å². The second kappa shape index (κ2) is 5.60. The molecule has 5 nitrogen and oxygen atoms in total. The fourth-order valence-electron chi connectivity index (χ4n) is 2.19. The zero-order chi connectivity index (χ0) is 13.9. The molecule has 0 amide bonds. The highest BCUT2D eigenvalue weighted by Gasteiger charge is 2.20. The summed E-state index contributed by atoms with van der Waals surface area (Å²) >= 11 is 1.59. The number of carboxylic acid groups (broad SMARTS) is 1. The van der Waals surface area contributed by atoms with Crippen LogP contribution >= 0.6 is 11.3 Å². The van der Waals surface area contributed by atoms with Crippen molar-refractivity contribution in [3.8, 4) is 10.6 Å². The van der Waals surface area contributed by atoms with Gasteiger partial charge in [-0.2, -0.15) is 0 Å². The highest BCUT2D eigenvalue weighted by Crippen LogP contribution is 2.27. The van der Waals surface area contributed by atoms with Crippen LogP contribution in [0.5, 0.6) is 0 Å². The monoisotopic (exact) mass is 290 g/mol. The molecule has 3 heterocycles. The average molecular weight is 290 g/mol. The molecule has 1 fully saturated rings. The van der Waals surface area contributed by atoms with Gasteiger partial charge in [-0.3, -0.25) is 0 Å². The third-order valence-electron chi connectivity index (χ3n) is 3.19. The van der Waals surface area contributed by atoms with Crippen molar-refractivity contribution in [1.29, 1.82) is 0 Å². The number of pyridine rings is 1. The minimum atomic E-state index is -0.947. The maximum Gasteiger partial charge on any atom is 0.339 e. The van der Waals surface area contributed by atoms with E-state index in [0.29, 0.717) is 32.1 Å². The lowest BCUT2D eigenvalue weighted by Gasteiger charge is -2.29. The average Bonchev–Trinajstić information content (AvgIpc) is 3.02. The number of hydrogen-bond acceptors (Lipinski definition) is 5. The Balaban J connectivity index is 2.03. The van der Waals surface area contributed by atoms with Crippen LogP contribution in [0.2, 0.25) is 0 Å². The number of aromatic carboxylic acids is 1. The molecule has 1 aliphatic heterocycles. The molecule has 1 aliphatic rings. The van der Waals surface area contributed by atoms with Crippen molar-refractivity contribution in [3.05, 3.63) is 35.2 Å². The van der Waals surface area contributed by atoms with Crippen LogP contribution in [0.1, 0.15) is 10.4 Å². The molecule has 0 atom stereocenters. The topological polar surface area (TPSA) is 62.7 Å². The SMILES string of the molecule is O=C(O)c1ccc(-c2cccs2)nc1N1CCOCC1. The number of rotatable bonds is 3. The molecule has 0 bridgehead atoms. The Morgan fingerprint density at radius 1 is 1.30 bits per heavy atom. The normalized spacial score (nSPS) is 15.3. The van der Waals surface area contributed by atoms with E-state index in [2.05, 4.69) is 4.98 Å². The molecule has 3 rings (SSSR count). The maximum absolute atomic E-state index is 11.4. The third kappa shape index (κ3) is 2.52. The van der Waals surface area contributed by atoms with Crippen molar-refractivity contribution in [2.75, 3.05) is 31.2 Å². The van der Waals surface area contributed by atoms with Crippen molar-refractivity contribution in [3.63, 3.8) is 0 Å². The number of carboxylic acids is 1. The van der Waals surface area contributed by atoms with Crippen LogP contribution in [-0.4, -0.2) is 42.4 Å². The van der Waals surface area contributed by atoms with Gasteiger partial charge in [0.15, 0.2) is 0 Å². The van der Waals surface area contributed by atoms with Crippen LogP contribution < -0.4 is 4.90 Å². The van der Waals surface area contributed by atoms with Crippen molar-refractivity contribution >= 4 is 23.1 Å². The predicted octanol–water partition coefficient (Wildman–Crippen LogP) is 2.34. The lowest BCUT2D eigenvalue weighted by Crippen LogP contribution is -2.37. The number of aromatic nitrogens is 1. The van der Waals surface area contributed by atoms with Crippen molar-refractivity contribution in [2.45, 2.75) is 0 Å². The summed E-state index contributed by atoms with van der Waals surface area (Å²) in [6.45, 7) is 2.54. The second-order valence-corrected chi connectivity index (χ2v) is 5.40. The molecular formula is C14H14N2O3S. The zero-order valence-corrected chi connectivity index (χ0v) is 11.6. The van der Waals surface area contributed by atoms with Gasteiger partial charge in [0.25, 0.3) is 0 Å². The lowest BCUT2D eigenvalue weighted by atomic mass is 10.2. The van der Waals surface area contributed by atoms with Gasteiger partial charge in [-0.1, -0.05) is 6.07 Å². The van der Waals surface area contributed by atoms with E-state index in [1.807, 2.05) is 22.4 Å². The molecule has 0 unspecified atom stereocenters. The van der Waals surface area contributed by atoms with Gasteiger partial charge < -0.3 is 14.7 Å². The Bertz CT molecular complexity index is 607. The van der Waals surface area contributed by atoms with Crippen molar-refractivity contribution in [2.24, 2.45) is 0 Å². The van der Waals surface area contributed by atoms with Gasteiger partial charge in [-0.05, 0) is 23.6 Å².